The van der Waals surface area contributed by atoms with E-state index in [0.717, 1.165) is 48.3 Å². The van der Waals surface area contributed by atoms with Crippen LogP contribution >= 0.6 is 0 Å². The predicted octanol–water partition coefficient (Wildman–Crippen LogP) is 6.93. The van der Waals surface area contributed by atoms with Crippen molar-refractivity contribution >= 4 is 21.8 Å². The lowest BCUT2D eigenvalue weighted by molar-refractivity contribution is 0.0282. The summed E-state index contributed by atoms with van der Waals surface area (Å²) in [6, 6.07) is 39.8. The number of rotatable bonds is 17. The van der Waals surface area contributed by atoms with Gasteiger partial charge in [-0.2, -0.15) is 0 Å². The molecule has 0 saturated carbocycles. The molecule has 2 aromatic heterocycles. The molecule has 0 unspecified atom stereocenters. The number of aromatic nitrogens is 2. The molecule has 0 aliphatic rings. The molecule has 0 radical (unpaired) electrons. The molecule has 0 amide bonds. The molecule has 0 aliphatic heterocycles. The summed E-state index contributed by atoms with van der Waals surface area (Å²) in [6.45, 7) is 6.42. The third kappa shape index (κ3) is 9.36. The molecule has 2 heterocycles. The summed E-state index contributed by atoms with van der Waals surface area (Å²) in [6.07, 6.45) is 0. The Morgan fingerprint density at radius 2 is 0.875 bits per heavy atom. The van der Waals surface area contributed by atoms with Crippen molar-refractivity contribution in [3.8, 4) is 11.5 Å². The summed E-state index contributed by atoms with van der Waals surface area (Å²) in [7, 11) is 0. The van der Waals surface area contributed by atoms with Crippen molar-refractivity contribution in [1.29, 1.82) is 0 Å². The molecule has 246 valence electrons. The molecule has 0 atom stereocenters. The van der Waals surface area contributed by atoms with E-state index in [1.165, 1.54) is 11.1 Å². The highest BCUT2D eigenvalue weighted by molar-refractivity contribution is 5.84. The number of para-hydroxylation sites is 2. The Morgan fingerprint density at radius 1 is 0.438 bits per heavy atom. The highest BCUT2D eigenvalue weighted by Gasteiger charge is 2.12. The van der Waals surface area contributed by atoms with Crippen LogP contribution in [0.3, 0.4) is 0 Å². The van der Waals surface area contributed by atoms with Crippen LogP contribution in [0.25, 0.3) is 21.8 Å². The van der Waals surface area contributed by atoms with Gasteiger partial charge in [0.2, 0.25) is 0 Å². The van der Waals surface area contributed by atoms with Crippen molar-refractivity contribution < 1.29 is 19.7 Å². The van der Waals surface area contributed by atoms with Crippen LogP contribution in [0, 0.1) is 0 Å². The molecular formula is C40H42N4O4. The van der Waals surface area contributed by atoms with Crippen molar-refractivity contribution in [2.45, 2.75) is 26.2 Å². The van der Waals surface area contributed by atoms with E-state index in [0.29, 0.717) is 50.6 Å². The Labute approximate surface area is 281 Å². The molecule has 8 nitrogen and oxygen atoms in total. The molecule has 0 fully saturated rings. The third-order valence-corrected chi connectivity index (χ3v) is 8.26. The van der Waals surface area contributed by atoms with Crippen molar-refractivity contribution in [1.82, 2.24) is 19.8 Å². The van der Waals surface area contributed by atoms with Gasteiger partial charge in [0.15, 0.2) is 0 Å². The molecule has 0 spiro atoms. The van der Waals surface area contributed by atoms with E-state index in [9.17, 15) is 10.2 Å². The van der Waals surface area contributed by atoms with Crippen LogP contribution in [-0.4, -0.2) is 69.5 Å². The van der Waals surface area contributed by atoms with Crippen LogP contribution in [0.4, 0.5) is 0 Å². The summed E-state index contributed by atoms with van der Waals surface area (Å²) >= 11 is 0. The summed E-state index contributed by atoms with van der Waals surface area (Å²) in [4.78, 5) is 14.1. The Morgan fingerprint density at radius 3 is 1.31 bits per heavy atom. The summed E-state index contributed by atoms with van der Waals surface area (Å²) in [5, 5.41) is 22.5. The Hall–Kier alpha value is -4.86. The first-order valence-electron chi connectivity index (χ1n) is 16.4. The normalized spacial score (nSPS) is 11.6. The Bertz CT molecular complexity index is 1750. The first-order chi connectivity index (χ1) is 23.6. The molecule has 6 aromatic rings. The minimum Gasteiger partial charge on any atom is -0.506 e. The van der Waals surface area contributed by atoms with Crippen LogP contribution in [-0.2, 0) is 35.7 Å². The topological polar surface area (TPSA) is 91.2 Å². The number of phenols is 2. The van der Waals surface area contributed by atoms with Gasteiger partial charge in [-0.1, -0.05) is 97.1 Å². The lowest BCUT2D eigenvalue weighted by Crippen LogP contribution is -2.28. The van der Waals surface area contributed by atoms with Gasteiger partial charge in [-0.25, -0.2) is 9.97 Å². The molecule has 0 aliphatic carbocycles. The molecule has 0 saturated heterocycles. The minimum atomic E-state index is 0.195. The first-order valence-corrected chi connectivity index (χ1v) is 16.4. The average Bonchev–Trinajstić information content (AvgIpc) is 3.11. The number of benzene rings is 4. The highest BCUT2D eigenvalue weighted by atomic mass is 16.5. The lowest BCUT2D eigenvalue weighted by atomic mass is 10.1. The zero-order valence-corrected chi connectivity index (χ0v) is 27.1. The van der Waals surface area contributed by atoms with Crippen molar-refractivity contribution in [3.63, 3.8) is 0 Å². The summed E-state index contributed by atoms with van der Waals surface area (Å²) in [5.41, 5.74) is 5.50. The van der Waals surface area contributed by atoms with Gasteiger partial charge in [0.1, 0.15) is 22.5 Å². The standard InChI is InChI=1S/C40H42N4O4/c45-37-15-7-13-33-17-19-35(41-39(33)37)29-43(27-31-9-3-1-4-10-31)21-23-47-25-26-48-24-22-44(28-32-11-5-2-6-12-32)30-36-20-18-34-14-8-16-38(46)40(34)42-36/h1-20,45-46H,21-30H2. The molecule has 0 bridgehead atoms. The van der Waals surface area contributed by atoms with Crippen LogP contribution in [0.1, 0.15) is 22.5 Å². The number of aromatic hydroxyl groups is 2. The van der Waals surface area contributed by atoms with E-state index in [1.807, 2.05) is 60.7 Å². The van der Waals surface area contributed by atoms with Crippen LogP contribution < -0.4 is 0 Å². The van der Waals surface area contributed by atoms with Gasteiger partial charge in [-0.05, 0) is 35.4 Å². The molecular weight excluding hydrogens is 600 g/mol. The Kier molecular flexibility index (Phi) is 11.6. The first kappa shape index (κ1) is 33.1. The zero-order chi connectivity index (χ0) is 33.0. The molecule has 48 heavy (non-hydrogen) atoms. The van der Waals surface area contributed by atoms with E-state index >= 15 is 0 Å². The van der Waals surface area contributed by atoms with Gasteiger partial charge in [0, 0.05) is 50.0 Å². The van der Waals surface area contributed by atoms with E-state index in [-0.39, 0.29) is 11.5 Å². The van der Waals surface area contributed by atoms with E-state index < -0.39 is 0 Å². The molecule has 6 rings (SSSR count). The third-order valence-electron chi connectivity index (χ3n) is 8.26. The maximum absolute atomic E-state index is 10.3. The number of nitrogens with zero attached hydrogens (tertiary/aromatic N) is 4. The number of phenolic OH excluding ortho intramolecular Hbond substituents is 2. The second-order valence-electron chi connectivity index (χ2n) is 11.9. The van der Waals surface area contributed by atoms with Crippen molar-refractivity contribution in [2.75, 3.05) is 39.5 Å². The fraction of sp³-hybridized carbons (Fsp3) is 0.250. The van der Waals surface area contributed by atoms with Gasteiger partial charge in [0.05, 0.1) is 37.8 Å². The maximum Gasteiger partial charge on any atom is 0.141 e. The fourth-order valence-corrected chi connectivity index (χ4v) is 5.80. The van der Waals surface area contributed by atoms with Gasteiger partial charge < -0.3 is 19.7 Å². The SMILES string of the molecule is Oc1cccc2ccc(CN(CCOCCOCCN(Cc3ccccc3)Cc3ccc4cccc(O)c4n3)Cc3ccccc3)nc12. The average molecular weight is 643 g/mol. The fourth-order valence-electron chi connectivity index (χ4n) is 5.80. The monoisotopic (exact) mass is 642 g/mol. The largest absolute Gasteiger partial charge is 0.506 e. The van der Waals surface area contributed by atoms with E-state index in [1.54, 1.807) is 12.1 Å². The van der Waals surface area contributed by atoms with Gasteiger partial charge in [-0.3, -0.25) is 9.80 Å². The zero-order valence-electron chi connectivity index (χ0n) is 27.1. The van der Waals surface area contributed by atoms with Crippen LogP contribution in [0.5, 0.6) is 11.5 Å². The quantitative estimate of drug-likeness (QED) is 0.104. The minimum absolute atomic E-state index is 0.195. The van der Waals surface area contributed by atoms with Gasteiger partial charge in [-0.15, -0.1) is 0 Å². The predicted molar refractivity (Wildman–Crippen MR) is 190 cm³/mol. The highest BCUT2D eigenvalue weighted by Crippen LogP contribution is 2.24. The van der Waals surface area contributed by atoms with Crippen molar-refractivity contribution in [3.05, 3.63) is 144 Å². The number of hydrogen-bond donors (Lipinski definition) is 2. The summed E-state index contributed by atoms with van der Waals surface area (Å²) in [5.74, 6) is 0.391. The number of hydrogen-bond acceptors (Lipinski definition) is 8. The second kappa shape index (κ2) is 16.8. The lowest BCUT2D eigenvalue weighted by Gasteiger charge is -2.23. The van der Waals surface area contributed by atoms with Crippen molar-refractivity contribution in [2.24, 2.45) is 0 Å². The molecule has 4 aromatic carbocycles. The van der Waals surface area contributed by atoms with E-state index in [2.05, 4.69) is 58.3 Å². The van der Waals surface area contributed by atoms with Gasteiger partial charge >= 0.3 is 0 Å². The number of fused-ring (bicyclic) bond motifs is 2. The number of pyridine rings is 2. The van der Waals surface area contributed by atoms with Gasteiger partial charge in [0.25, 0.3) is 0 Å². The summed E-state index contributed by atoms with van der Waals surface area (Å²) < 4.78 is 12.0. The van der Waals surface area contributed by atoms with Crippen LogP contribution in [0.2, 0.25) is 0 Å². The smallest absolute Gasteiger partial charge is 0.141 e. The molecule has 2 N–H and O–H groups in total. The maximum atomic E-state index is 10.3. The molecule has 8 heteroatoms. The van der Waals surface area contributed by atoms with E-state index in [4.69, 9.17) is 19.4 Å². The second-order valence-corrected chi connectivity index (χ2v) is 11.9. The van der Waals surface area contributed by atoms with Crippen LogP contribution in [0.15, 0.2) is 121 Å². The Balaban J connectivity index is 0.981. The number of ether oxygens (including phenoxy) is 2.